The van der Waals surface area contributed by atoms with Crippen molar-refractivity contribution in [3.63, 3.8) is 0 Å². The van der Waals surface area contributed by atoms with E-state index in [1.165, 1.54) is 0 Å². The van der Waals surface area contributed by atoms with Gasteiger partial charge in [-0.2, -0.15) is 6.07 Å². The summed E-state index contributed by atoms with van der Waals surface area (Å²) in [5, 5.41) is 7.00. The van der Waals surface area contributed by atoms with Gasteiger partial charge >= 0.3 is 0 Å². The van der Waals surface area contributed by atoms with Crippen LogP contribution in [0, 0.1) is 6.29 Å². The first-order valence-electron chi connectivity index (χ1n) is 3.69. The minimum atomic E-state index is 0. The van der Waals surface area contributed by atoms with Gasteiger partial charge in [0.2, 0.25) is 0 Å². The van der Waals surface area contributed by atoms with Crippen LogP contribution >= 0.6 is 0 Å². The molecular weight excluding hydrogens is 218 g/mol. The summed E-state index contributed by atoms with van der Waals surface area (Å²) >= 11 is 0. The summed E-state index contributed by atoms with van der Waals surface area (Å²) in [6.45, 7) is 0. The number of hydrogen-bond donors (Lipinski definition) is 1. The summed E-state index contributed by atoms with van der Waals surface area (Å²) < 4.78 is 9.83. The van der Waals surface area contributed by atoms with Crippen molar-refractivity contribution in [3.8, 4) is 0 Å². The molecule has 1 aromatic rings. The summed E-state index contributed by atoms with van der Waals surface area (Å²) in [5.41, 5.74) is 0.706. The van der Waals surface area contributed by atoms with Gasteiger partial charge in [-0.15, -0.1) is 6.07 Å². The molecule has 1 heterocycles. The Bertz CT molecular complexity index is 204. The van der Waals surface area contributed by atoms with Gasteiger partial charge in [-0.1, -0.05) is 6.07 Å². The molecule has 4 nitrogen and oxygen atoms in total. The molecule has 5 heteroatoms. The van der Waals surface area contributed by atoms with Gasteiger partial charge < -0.3 is 14.6 Å². The number of pyridine rings is 1. The van der Waals surface area contributed by atoms with Crippen molar-refractivity contribution in [2.45, 2.75) is 0 Å². The van der Waals surface area contributed by atoms with Gasteiger partial charge in [-0.25, -0.2) is 0 Å². The third-order valence-corrected chi connectivity index (χ3v) is 1.24. The summed E-state index contributed by atoms with van der Waals surface area (Å²) in [6.07, 6.45) is 2.12. The molecular formula is C9H14NO3Ti-. The number of aliphatic hydroxyl groups excluding tert-OH is 1. The van der Waals surface area contributed by atoms with Gasteiger partial charge in [0.25, 0.3) is 0 Å². The molecule has 1 aromatic heterocycles. The van der Waals surface area contributed by atoms with Gasteiger partial charge in [0.05, 0.1) is 0 Å². The van der Waals surface area contributed by atoms with E-state index in [2.05, 4.69) is 4.98 Å². The van der Waals surface area contributed by atoms with E-state index >= 15 is 0 Å². The summed E-state index contributed by atoms with van der Waals surface area (Å²) in [6, 6.07) is 5.54. The molecule has 0 aromatic carbocycles. The van der Waals surface area contributed by atoms with Gasteiger partial charge in [0, 0.05) is 55.5 Å². The van der Waals surface area contributed by atoms with Crippen LogP contribution in [0.3, 0.4) is 0 Å². The van der Waals surface area contributed by atoms with Crippen molar-refractivity contribution < 1.29 is 36.3 Å². The van der Waals surface area contributed by atoms with Crippen LogP contribution in [0.1, 0.15) is 5.69 Å². The Kier molecular flexibility index (Phi) is 12.3. The third-order valence-electron chi connectivity index (χ3n) is 1.24. The van der Waals surface area contributed by atoms with Crippen molar-refractivity contribution in [2.75, 3.05) is 21.3 Å². The van der Waals surface area contributed by atoms with E-state index in [9.17, 15) is 0 Å². The Balaban J connectivity index is 0. The monoisotopic (exact) mass is 232 g/mol. The van der Waals surface area contributed by atoms with Gasteiger partial charge in [0.1, 0.15) is 0 Å². The Morgan fingerprint density at radius 2 is 1.79 bits per heavy atom. The summed E-state index contributed by atoms with van der Waals surface area (Å²) in [5.74, 6) is 0. The predicted octanol–water partition coefficient (Wildman–Crippen LogP) is 0.818. The van der Waals surface area contributed by atoms with Crippen LogP contribution in [0.2, 0.25) is 0 Å². The second kappa shape index (κ2) is 10.7. The second-order valence-corrected chi connectivity index (χ2v) is 1.91. The Morgan fingerprint density at radius 1 is 1.21 bits per heavy atom. The van der Waals surface area contributed by atoms with Gasteiger partial charge in [0.15, 0.2) is 0 Å². The van der Waals surface area contributed by atoms with E-state index in [-0.39, 0.29) is 21.7 Å². The van der Waals surface area contributed by atoms with Gasteiger partial charge in [-0.3, -0.25) is 4.98 Å². The molecule has 0 radical (unpaired) electrons. The molecule has 14 heavy (non-hydrogen) atoms. The minimum absolute atomic E-state index is 0. The van der Waals surface area contributed by atoms with Crippen LogP contribution in [0.25, 0.3) is 0 Å². The standard InChI is InChI=1S/C8H10NO2.CH4O.Ti/c1-10-8(11-2)7-5-3-4-6-9-7;1-2;/h3-6H,1-2H3;2H,1H3;/q-1;;. The van der Waals surface area contributed by atoms with Crippen LogP contribution in [0.4, 0.5) is 0 Å². The van der Waals surface area contributed by atoms with Crippen LogP contribution in [0.5, 0.6) is 0 Å². The number of rotatable bonds is 3. The molecule has 0 aliphatic heterocycles. The molecule has 1 rings (SSSR count). The van der Waals surface area contributed by atoms with Crippen molar-refractivity contribution in [1.29, 1.82) is 0 Å². The number of aliphatic hydroxyl groups is 1. The number of methoxy groups -OCH3 is 2. The molecule has 0 saturated heterocycles. The molecule has 0 aliphatic carbocycles. The van der Waals surface area contributed by atoms with E-state index in [1.807, 2.05) is 18.2 Å². The maximum atomic E-state index is 7.00. The van der Waals surface area contributed by atoms with E-state index in [4.69, 9.17) is 14.6 Å². The average molecular weight is 232 g/mol. The number of nitrogens with zero attached hydrogens (tertiary/aromatic N) is 1. The molecule has 0 fully saturated rings. The van der Waals surface area contributed by atoms with Crippen LogP contribution in [0.15, 0.2) is 24.4 Å². The molecule has 0 unspecified atom stereocenters. The average Bonchev–Trinajstić information content (AvgIpc) is 2.24. The summed E-state index contributed by atoms with van der Waals surface area (Å²) in [4.78, 5) is 4.03. The SMILES string of the molecule is CO.CO[C-](OC)c1ccccn1.[Ti]. The van der Waals surface area contributed by atoms with E-state index < -0.39 is 0 Å². The van der Waals surface area contributed by atoms with Crippen molar-refractivity contribution in [3.05, 3.63) is 36.4 Å². The molecule has 0 amide bonds. The fraction of sp³-hybridized carbons (Fsp3) is 0.333. The van der Waals surface area contributed by atoms with Crippen molar-refractivity contribution in [2.24, 2.45) is 0 Å². The second-order valence-electron chi connectivity index (χ2n) is 1.91. The van der Waals surface area contributed by atoms with Crippen LogP contribution in [-0.2, 0) is 31.2 Å². The fourth-order valence-corrected chi connectivity index (χ4v) is 0.776. The molecule has 0 atom stereocenters. The number of hydrogen-bond acceptors (Lipinski definition) is 4. The maximum Gasteiger partial charge on any atom is 0.0478 e. The predicted molar refractivity (Wildman–Crippen MR) is 48.7 cm³/mol. The molecule has 78 valence electrons. The van der Waals surface area contributed by atoms with E-state index in [1.54, 1.807) is 20.4 Å². The first-order chi connectivity index (χ1) is 6.38. The Hall–Kier alpha value is -0.386. The largest absolute Gasteiger partial charge is 0.415 e. The first-order valence-corrected chi connectivity index (χ1v) is 3.69. The quantitative estimate of drug-likeness (QED) is 0.619. The van der Waals surface area contributed by atoms with Crippen LogP contribution < -0.4 is 0 Å². The summed E-state index contributed by atoms with van der Waals surface area (Å²) in [7, 11) is 4.10. The van der Waals surface area contributed by atoms with Crippen molar-refractivity contribution in [1.82, 2.24) is 4.98 Å². The topological polar surface area (TPSA) is 51.6 Å². The fourth-order valence-electron chi connectivity index (χ4n) is 0.776. The maximum absolute atomic E-state index is 7.00. The van der Waals surface area contributed by atoms with Crippen LogP contribution in [-0.4, -0.2) is 31.4 Å². The zero-order valence-corrected chi connectivity index (χ0v) is 10.1. The van der Waals surface area contributed by atoms with E-state index in [0.29, 0.717) is 12.0 Å². The molecule has 1 N–H and O–H groups in total. The Morgan fingerprint density at radius 3 is 2.14 bits per heavy atom. The van der Waals surface area contributed by atoms with E-state index in [0.717, 1.165) is 7.11 Å². The smallest absolute Gasteiger partial charge is 0.0478 e. The zero-order chi connectivity index (χ0) is 10.1. The third kappa shape index (κ3) is 5.37. The molecule has 0 bridgehead atoms. The number of aromatic nitrogens is 1. The molecule has 0 spiro atoms. The minimum Gasteiger partial charge on any atom is -0.415 e. The number of ether oxygens (including phenoxy) is 2. The zero-order valence-electron chi connectivity index (χ0n) is 8.52. The first kappa shape index (κ1) is 16.1. The van der Waals surface area contributed by atoms with Gasteiger partial charge in [-0.05, 0) is 5.69 Å². The van der Waals surface area contributed by atoms with Crippen molar-refractivity contribution >= 4 is 0 Å². The normalized spacial score (nSPS) is 8.00. The molecule has 0 aliphatic rings. The molecule has 0 saturated carbocycles. The Labute approximate surface area is 99.1 Å².